The van der Waals surface area contributed by atoms with Gasteiger partial charge in [0, 0.05) is 29.2 Å². The molecule has 140 valence electrons. The van der Waals surface area contributed by atoms with Crippen LogP contribution in [0.15, 0.2) is 57.4 Å². The minimum absolute atomic E-state index is 0.0896. The fourth-order valence-corrected chi connectivity index (χ4v) is 3.60. The molecular weight excluding hydrogens is 376 g/mol. The lowest BCUT2D eigenvalue weighted by Crippen LogP contribution is -2.25. The van der Waals surface area contributed by atoms with E-state index in [9.17, 15) is 9.59 Å². The molecule has 7 nitrogen and oxygen atoms in total. The van der Waals surface area contributed by atoms with E-state index in [4.69, 9.17) is 4.42 Å². The van der Waals surface area contributed by atoms with E-state index in [1.807, 2.05) is 24.4 Å². The van der Waals surface area contributed by atoms with Gasteiger partial charge in [-0.2, -0.15) is 0 Å². The van der Waals surface area contributed by atoms with E-state index in [0.29, 0.717) is 23.4 Å². The van der Waals surface area contributed by atoms with Gasteiger partial charge >= 0.3 is 5.63 Å². The number of thiazole rings is 1. The molecule has 0 aliphatic carbocycles. The van der Waals surface area contributed by atoms with Crippen LogP contribution >= 0.6 is 11.3 Å². The molecule has 8 heteroatoms. The Morgan fingerprint density at radius 3 is 2.96 bits per heavy atom. The number of nitrogens with one attached hydrogen (secondary N) is 1. The van der Waals surface area contributed by atoms with Crippen molar-refractivity contribution in [3.63, 3.8) is 0 Å². The van der Waals surface area contributed by atoms with Crippen LogP contribution in [0.25, 0.3) is 21.7 Å². The molecular formula is C20H16N4O3S. The molecule has 0 spiro atoms. The molecule has 0 radical (unpaired) electrons. The van der Waals surface area contributed by atoms with E-state index in [0.717, 1.165) is 21.7 Å². The average molecular weight is 392 g/mol. The van der Waals surface area contributed by atoms with Crippen LogP contribution in [0.1, 0.15) is 16.8 Å². The van der Waals surface area contributed by atoms with Gasteiger partial charge in [-0.05, 0) is 24.1 Å². The number of aromatic nitrogens is 3. The van der Waals surface area contributed by atoms with E-state index < -0.39 is 5.63 Å². The minimum Gasteiger partial charge on any atom is -0.423 e. The number of nitrogens with zero attached hydrogens (tertiary/aromatic N) is 3. The molecule has 3 heterocycles. The highest BCUT2D eigenvalue weighted by molar-refractivity contribution is 7.13. The highest BCUT2D eigenvalue weighted by Crippen LogP contribution is 2.21. The Kier molecular flexibility index (Phi) is 4.94. The summed E-state index contributed by atoms with van der Waals surface area (Å²) in [4.78, 5) is 36.9. The number of hydrogen-bond donors (Lipinski definition) is 1. The number of fused-ring (bicyclic) bond motifs is 1. The molecule has 0 fully saturated rings. The number of carbonyl (C=O) groups excluding carboxylic acids is 1. The zero-order valence-electron chi connectivity index (χ0n) is 15.0. The maximum Gasteiger partial charge on any atom is 0.336 e. The summed E-state index contributed by atoms with van der Waals surface area (Å²) in [6.45, 7) is 2.22. The van der Waals surface area contributed by atoms with Crippen LogP contribution in [0, 0.1) is 6.92 Å². The van der Waals surface area contributed by atoms with Gasteiger partial charge in [0.1, 0.15) is 16.3 Å². The van der Waals surface area contributed by atoms with Crippen molar-refractivity contribution >= 4 is 28.2 Å². The van der Waals surface area contributed by atoms with Crippen molar-refractivity contribution in [3.8, 4) is 10.7 Å². The third-order valence-electron chi connectivity index (χ3n) is 4.14. The maximum atomic E-state index is 12.4. The second kappa shape index (κ2) is 7.69. The molecule has 0 aliphatic heterocycles. The first-order valence-electron chi connectivity index (χ1n) is 8.59. The summed E-state index contributed by atoms with van der Waals surface area (Å²) in [6, 6.07) is 6.95. The quantitative estimate of drug-likeness (QED) is 0.525. The first-order valence-corrected chi connectivity index (χ1v) is 9.47. The Labute approximate surface area is 164 Å². The van der Waals surface area contributed by atoms with Crippen molar-refractivity contribution in [2.24, 2.45) is 0 Å². The average Bonchev–Trinajstić information content (AvgIpc) is 3.16. The largest absolute Gasteiger partial charge is 0.423 e. The van der Waals surface area contributed by atoms with Crippen molar-refractivity contribution in [1.82, 2.24) is 20.3 Å². The van der Waals surface area contributed by atoms with Crippen LogP contribution in [-0.2, 0) is 17.8 Å². The van der Waals surface area contributed by atoms with Crippen LogP contribution in [0.2, 0.25) is 0 Å². The topological polar surface area (TPSA) is 98.0 Å². The molecule has 0 aliphatic rings. The Morgan fingerprint density at radius 1 is 1.25 bits per heavy atom. The van der Waals surface area contributed by atoms with Gasteiger partial charge in [0.15, 0.2) is 0 Å². The van der Waals surface area contributed by atoms with Crippen molar-refractivity contribution in [2.75, 3.05) is 0 Å². The van der Waals surface area contributed by atoms with Crippen LogP contribution < -0.4 is 10.9 Å². The third-order valence-corrected chi connectivity index (χ3v) is 5.05. The molecule has 4 rings (SSSR count). The Bertz CT molecular complexity index is 1200. The standard InChI is InChI=1S/C20H16N4O3S/c1-12-2-3-15-13(8-19(26)27-17(15)6-12)7-18(25)23-9-14-11-28-20(24-14)16-10-21-4-5-22-16/h2-6,8,10-11H,7,9H2,1H3,(H,23,25). The van der Waals surface area contributed by atoms with E-state index in [1.54, 1.807) is 24.7 Å². The van der Waals surface area contributed by atoms with E-state index in [2.05, 4.69) is 20.3 Å². The third kappa shape index (κ3) is 3.96. The zero-order chi connectivity index (χ0) is 19.5. The predicted molar refractivity (Wildman–Crippen MR) is 106 cm³/mol. The lowest BCUT2D eigenvalue weighted by molar-refractivity contribution is -0.120. The number of rotatable bonds is 5. The summed E-state index contributed by atoms with van der Waals surface area (Å²) in [5.74, 6) is -0.193. The fourth-order valence-electron chi connectivity index (χ4n) is 2.82. The summed E-state index contributed by atoms with van der Waals surface area (Å²) < 4.78 is 5.23. The summed E-state index contributed by atoms with van der Waals surface area (Å²) in [6.07, 6.45) is 4.95. The first-order chi connectivity index (χ1) is 13.6. The molecule has 28 heavy (non-hydrogen) atoms. The Hall–Kier alpha value is -3.39. The van der Waals surface area contributed by atoms with Gasteiger partial charge in [-0.15, -0.1) is 11.3 Å². The van der Waals surface area contributed by atoms with Crippen LogP contribution in [0.3, 0.4) is 0 Å². The summed E-state index contributed by atoms with van der Waals surface area (Å²) >= 11 is 1.44. The molecule has 0 unspecified atom stereocenters. The van der Waals surface area contributed by atoms with E-state index >= 15 is 0 Å². The minimum atomic E-state index is -0.464. The molecule has 4 aromatic rings. The van der Waals surface area contributed by atoms with Crippen molar-refractivity contribution in [3.05, 3.63) is 75.5 Å². The lowest BCUT2D eigenvalue weighted by atomic mass is 10.1. The molecule has 1 N–H and O–H groups in total. The lowest BCUT2D eigenvalue weighted by Gasteiger charge is -2.07. The van der Waals surface area contributed by atoms with Gasteiger partial charge in [-0.3, -0.25) is 14.8 Å². The Balaban J connectivity index is 1.45. The molecule has 1 amide bonds. The predicted octanol–water partition coefficient (Wildman–Crippen LogP) is 2.87. The zero-order valence-corrected chi connectivity index (χ0v) is 15.8. The second-order valence-corrected chi connectivity index (χ2v) is 7.14. The second-order valence-electron chi connectivity index (χ2n) is 6.28. The molecule has 3 aromatic heterocycles. The normalized spacial score (nSPS) is 10.9. The molecule has 1 aromatic carbocycles. The number of hydrogen-bond acceptors (Lipinski definition) is 7. The fraction of sp³-hybridized carbons (Fsp3) is 0.150. The monoisotopic (exact) mass is 392 g/mol. The highest BCUT2D eigenvalue weighted by Gasteiger charge is 2.12. The van der Waals surface area contributed by atoms with Gasteiger partial charge in [-0.25, -0.2) is 9.78 Å². The number of amides is 1. The SMILES string of the molecule is Cc1ccc2c(CC(=O)NCc3csc(-c4cnccn4)n3)cc(=O)oc2c1. The summed E-state index contributed by atoms with van der Waals surface area (Å²) in [5.41, 5.74) is 3.09. The smallest absolute Gasteiger partial charge is 0.336 e. The molecule has 0 bridgehead atoms. The number of carbonyl (C=O) groups is 1. The van der Waals surface area contributed by atoms with Gasteiger partial charge < -0.3 is 9.73 Å². The van der Waals surface area contributed by atoms with Crippen LogP contribution in [0.5, 0.6) is 0 Å². The van der Waals surface area contributed by atoms with Gasteiger partial charge in [0.2, 0.25) is 5.91 Å². The number of aryl methyl sites for hydroxylation is 1. The summed E-state index contributed by atoms with van der Waals surface area (Å²) in [5, 5.41) is 6.23. The van der Waals surface area contributed by atoms with Crippen molar-refractivity contribution in [2.45, 2.75) is 19.9 Å². The van der Waals surface area contributed by atoms with Crippen molar-refractivity contribution in [1.29, 1.82) is 0 Å². The maximum absolute atomic E-state index is 12.4. The van der Waals surface area contributed by atoms with Gasteiger partial charge in [-0.1, -0.05) is 12.1 Å². The molecule has 0 saturated carbocycles. The molecule has 0 saturated heterocycles. The van der Waals surface area contributed by atoms with Gasteiger partial charge in [0.05, 0.1) is 24.9 Å². The van der Waals surface area contributed by atoms with E-state index in [-0.39, 0.29) is 12.3 Å². The highest BCUT2D eigenvalue weighted by atomic mass is 32.1. The Morgan fingerprint density at radius 2 is 2.14 bits per heavy atom. The summed E-state index contributed by atoms with van der Waals surface area (Å²) in [7, 11) is 0. The van der Waals surface area contributed by atoms with E-state index in [1.165, 1.54) is 17.4 Å². The van der Waals surface area contributed by atoms with Crippen molar-refractivity contribution < 1.29 is 9.21 Å². The first kappa shape index (κ1) is 18.0. The number of benzene rings is 1. The molecule has 0 atom stereocenters. The van der Waals surface area contributed by atoms with Gasteiger partial charge in [0.25, 0.3) is 0 Å². The van der Waals surface area contributed by atoms with Crippen LogP contribution in [-0.4, -0.2) is 20.9 Å². The van der Waals surface area contributed by atoms with Crippen LogP contribution in [0.4, 0.5) is 0 Å².